The molecule has 0 amide bonds. The molecule has 0 spiro atoms. The smallest absolute Gasteiger partial charge is 0.0640 e. The first-order valence-electron chi connectivity index (χ1n) is 7.38. The molecule has 0 aliphatic rings. The molecule has 0 aromatic heterocycles. The zero-order valence-corrected chi connectivity index (χ0v) is 13.5. The Morgan fingerprint density at radius 2 is 1.79 bits per heavy atom. The van der Waals surface area contributed by atoms with E-state index in [0.717, 1.165) is 18.5 Å². The molecule has 1 rings (SSSR count). The van der Waals surface area contributed by atoms with Crippen LogP contribution in [0.4, 0.5) is 0 Å². The van der Waals surface area contributed by atoms with E-state index in [1.807, 2.05) is 12.1 Å². The first kappa shape index (κ1) is 16.8. The van der Waals surface area contributed by atoms with Crippen molar-refractivity contribution in [1.29, 1.82) is 0 Å². The van der Waals surface area contributed by atoms with Gasteiger partial charge in [-0.3, -0.25) is 0 Å². The summed E-state index contributed by atoms with van der Waals surface area (Å²) in [7, 11) is 0. The summed E-state index contributed by atoms with van der Waals surface area (Å²) in [6.45, 7) is 5.32. The van der Waals surface area contributed by atoms with Gasteiger partial charge in [-0.1, -0.05) is 81.3 Å². The lowest BCUT2D eigenvalue weighted by Gasteiger charge is -2.20. The third-order valence-electron chi connectivity index (χ3n) is 3.40. The highest BCUT2D eigenvalue weighted by molar-refractivity contribution is 6.42. The van der Waals surface area contributed by atoms with E-state index in [4.69, 9.17) is 23.2 Å². The maximum atomic E-state index is 6.31. The molecule has 0 saturated carbocycles. The van der Waals surface area contributed by atoms with E-state index in [2.05, 4.69) is 25.2 Å². The van der Waals surface area contributed by atoms with Crippen LogP contribution in [0.5, 0.6) is 0 Å². The van der Waals surface area contributed by atoms with Crippen LogP contribution in [0.25, 0.3) is 0 Å². The zero-order valence-electron chi connectivity index (χ0n) is 12.0. The highest BCUT2D eigenvalue weighted by Crippen LogP contribution is 2.32. The predicted molar refractivity (Wildman–Crippen MR) is 86.3 cm³/mol. The molecule has 1 unspecified atom stereocenters. The lowest BCUT2D eigenvalue weighted by Crippen LogP contribution is -2.21. The van der Waals surface area contributed by atoms with Crippen LogP contribution in [-0.2, 0) is 0 Å². The van der Waals surface area contributed by atoms with Crippen LogP contribution in [0, 0.1) is 0 Å². The Morgan fingerprint density at radius 1 is 1.05 bits per heavy atom. The van der Waals surface area contributed by atoms with Gasteiger partial charge in [0, 0.05) is 6.04 Å². The van der Waals surface area contributed by atoms with Crippen molar-refractivity contribution in [3.8, 4) is 0 Å². The van der Waals surface area contributed by atoms with Crippen LogP contribution in [0.3, 0.4) is 0 Å². The molecule has 1 N–H and O–H groups in total. The molecular weight excluding hydrogens is 277 g/mol. The number of hydrogen-bond donors (Lipinski definition) is 1. The maximum Gasteiger partial charge on any atom is 0.0640 e. The maximum absolute atomic E-state index is 6.31. The molecule has 3 heteroatoms. The fourth-order valence-corrected chi connectivity index (χ4v) is 2.80. The number of nitrogens with one attached hydrogen (secondary N) is 1. The average Bonchev–Trinajstić information content (AvgIpc) is 2.41. The van der Waals surface area contributed by atoms with Crippen molar-refractivity contribution in [3.63, 3.8) is 0 Å². The van der Waals surface area contributed by atoms with Gasteiger partial charge in [0.15, 0.2) is 0 Å². The van der Waals surface area contributed by atoms with Crippen LogP contribution in [0.2, 0.25) is 10.0 Å². The van der Waals surface area contributed by atoms with Gasteiger partial charge in [-0.25, -0.2) is 0 Å². The van der Waals surface area contributed by atoms with Crippen molar-refractivity contribution in [2.45, 2.75) is 58.4 Å². The Balaban J connectivity index is 2.58. The van der Waals surface area contributed by atoms with Gasteiger partial charge < -0.3 is 5.32 Å². The number of rotatable bonds is 9. The second-order valence-electron chi connectivity index (χ2n) is 4.96. The largest absolute Gasteiger partial charge is 0.310 e. The Morgan fingerprint density at radius 3 is 2.47 bits per heavy atom. The lowest BCUT2D eigenvalue weighted by molar-refractivity contribution is 0.479. The number of benzene rings is 1. The lowest BCUT2D eigenvalue weighted by atomic mass is 9.99. The first-order valence-corrected chi connectivity index (χ1v) is 8.13. The molecule has 0 bridgehead atoms. The molecular formula is C16H25Cl2N. The Bertz CT molecular complexity index is 366. The van der Waals surface area contributed by atoms with Crippen LogP contribution in [0.15, 0.2) is 18.2 Å². The number of hydrogen-bond acceptors (Lipinski definition) is 1. The van der Waals surface area contributed by atoms with Gasteiger partial charge in [-0.2, -0.15) is 0 Å². The molecule has 0 aliphatic carbocycles. The number of halogens is 2. The normalized spacial score (nSPS) is 12.6. The fraction of sp³-hybridized carbons (Fsp3) is 0.625. The van der Waals surface area contributed by atoms with Crippen molar-refractivity contribution in [3.05, 3.63) is 33.8 Å². The van der Waals surface area contributed by atoms with Crippen LogP contribution in [-0.4, -0.2) is 6.54 Å². The highest BCUT2D eigenvalue weighted by atomic mass is 35.5. The van der Waals surface area contributed by atoms with Gasteiger partial charge in [-0.15, -0.1) is 0 Å². The van der Waals surface area contributed by atoms with E-state index >= 15 is 0 Å². The third kappa shape index (κ3) is 5.72. The van der Waals surface area contributed by atoms with Crippen LogP contribution in [0.1, 0.15) is 64.0 Å². The Kier molecular flexibility index (Phi) is 8.52. The second-order valence-corrected chi connectivity index (χ2v) is 5.74. The summed E-state index contributed by atoms with van der Waals surface area (Å²) >= 11 is 12.4. The Hall–Kier alpha value is -0.240. The summed E-state index contributed by atoms with van der Waals surface area (Å²) in [6.07, 6.45) is 7.62. The molecule has 0 fully saturated rings. The molecule has 19 heavy (non-hydrogen) atoms. The zero-order chi connectivity index (χ0) is 14.1. The van der Waals surface area contributed by atoms with Crippen molar-refractivity contribution < 1.29 is 0 Å². The fourth-order valence-electron chi connectivity index (χ4n) is 2.36. The summed E-state index contributed by atoms with van der Waals surface area (Å²) in [5, 5.41) is 4.86. The summed E-state index contributed by atoms with van der Waals surface area (Å²) in [6, 6.07) is 6.22. The molecule has 1 nitrogen and oxygen atoms in total. The van der Waals surface area contributed by atoms with E-state index in [0.29, 0.717) is 16.1 Å². The minimum Gasteiger partial charge on any atom is -0.310 e. The molecule has 108 valence electrons. The number of unbranched alkanes of at least 4 members (excludes halogenated alkanes) is 4. The van der Waals surface area contributed by atoms with Gasteiger partial charge in [0.1, 0.15) is 0 Å². The van der Waals surface area contributed by atoms with Crippen molar-refractivity contribution >= 4 is 23.2 Å². The van der Waals surface area contributed by atoms with E-state index in [1.54, 1.807) is 0 Å². The van der Waals surface area contributed by atoms with Crippen LogP contribution < -0.4 is 5.32 Å². The van der Waals surface area contributed by atoms with Crippen LogP contribution >= 0.6 is 23.2 Å². The van der Waals surface area contributed by atoms with Gasteiger partial charge >= 0.3 is 0 Å². The molecule has 1 aromatic carbocycles. The third-order valence-corrected chi connectivity index (χ3v) is 4.24. The molecule has 0 radical (unpaired) electrons. The monoisotopic (exact) mass is 301 g/mol. The van der Waals surface area contributed by atoms with Gasteiger partial charge in [0.25, 0.3) is 0 Å². The Labute approximate surface area is 127 Å². The SMILES string of the molecule is CCCCCCCC(NCC)c1cccc(Cl)c1Cl. The predicted octanol–water partition coefficient (Wildman–Crippen LogP) is 6.00. The van der Waals surface area contributed by atoms with Crippen molar-refractivity contribution in [2.75, 3.05) is 6.54 Å². The molecule has 0 saturated heterocycles. The molecule has 0 aliphatic heterocycles. The van der Waals surface area contributed by atoms with E-state index in [9.17, 15) is 0 Å². The highest BCUT2D eigenvalue weighted by Gasteiger charge is 2.14. The standard InChI is InChI=1S/C16H25Cl2N/c1-3-5-6-7-8-12-15(19-4-2)13-10-9-11-14(17)16(13)18/h9-11,15,19H,3-8,12H2,1-2H3. The minimum atomic E-state index is 0.317. The van der Waals surface area contributed by atoms with Gasteiger partial charge in [-0.05, 0) is 24.6 Å². The summed E-state index contributed by atoms with van der Waals surface area (Å²) in [5.74, 6) is 0. The molecule has 1 atom stereocenters. The van der Waals surface area contributed by atoms with Crippen molar-refractivity contribution in [1.82, 2.24) is 5.32 Å². The van der Waals surface area contributed by atoms with E-state index in [-0.39, 0.29) is 0 Å². The summed E-state index contributed by atoms with van der Waals surface area (Å²) in [5.41, 5.74) is 1.13. The van der Waals surface area contributed by atoms with Gasteiger partial charge in [0.05, 0.1) is 10.0 Å². The van der Waals surface area contributed by atoms with E-state index in [1.165, 1.54) is 32.1 Å². The summed E-state index contributed by atoms with van der Waals surface area (Å²) in [4.78, 5) is 0. The quantitative estimate of drug-likeness (QED) is 0.551. The van der Waals surface area contributed by atoms with E-state index < -0.39 is 0 Å². The average molecular weight is 302 g/mol. The molecule has 0 heterocycles. The molecule has 1 aromatic rings. The first-order chi connectivity index (χ1) is 9.20. The van der Waals surface area contributed by atoms with Crippen molar-refractivity contribution in [2.24, 2.45) is 0 Å². The topological polar surface area (TPSA) is 12.0 Å². The van der Waals surface area contributed by atoms with Gasteiger partial charge in [0.2, 0.25) is 0 Å². The summed E-state index contributed by atoms with van der Waals surface area (Å²) < 4.78 is 0. The second kappa shape index (κ2) is 9.63. The minimum absolute atomic E-state index is 0.317.